The SMILES string of the molecule is COC(=O)Nc1nc(-c2ccc([N+](=O)[O-])cc2)cs1. The van der Waals surface area contributed by atoms with E-state index in [1.165, 1.54) is 30.6 Å². The van der Waals surface area contributed by atoms with Crippen molar-refractivity contribution in [3.63, 3.8) is 0 Å². The summed E-state index contributed by atoms with van der Waals surface area (Å²) in [7, 11) is 1.26. The Morgan fingerprint density at radius 2 is 2.11 bits per heavy atom. The molecular weight excluding hydrogens is 270 g/mol. The van der Waals surface area contributed by atoms with Gasteiger partial charge in [-0.3, -0.25) is 15.4 Å². The number of non-ortho nitro benzene ring substituents is 1. The third-order valence-corrected chi connectivity index (χ3v) is 3.03. The number of nitrogens with one attached hydrogen (secondary N) is 1. The molecule has 1 amide bonds. The smallest absolute Gasteiger partial charge is 0.413 e. The van der Waals surface area contributed by atoms with Crippen LogP contribution in [0.25, 0.3) is 11.3 Å². The first-order chi connectivity index (χ1) is 9.10. The molecule has 0 aliphatic heterocycles. The molecule has 0 bridgehead atoms. The van der Waals surface area contributed by atoms with Crippen molar-refractivity contribution in [2.24, 2.45) is 0 Å². The van der Waals surface area contributed by atoms with Crippen molar-refractivity contribution in [3.8, 4) is 11.3 Å². The first-order valence-corrected chi connectivity index (χ1v) is 6.03. The van der Waals surface area contributed by atoms with Crippen LogP contribution in [0.4, 0.5) is 15.6 Å². The molecule has 2 rings (SSSR count). The number of amides is 1. The van der Waals surface area contributed by atoms with Crippen molar-refractivity contribution < 1.29 is 14.5 Å². The standard InChI is InChI=1S/C11H9N3O4S/c1-18-11(15)13-10-12-9(6-19-10)7-2-4-8(5-3-7)14(16)17/h2-6H,1H3,(H,12,13,15). The molecule has 2 aromatic rings. The fraction of sp³-hybridized carbons (Fsp3) is 0.0909. The fourth-order valence-corrected chi connectivity index (χ4v) is 2.06. The van der Waals surface area contributed by atoms with Gasteiger partial charge in [-0.25, -0.2) is 9.78 Å². The minimum atomic E-state index is -0.593. The minimum Gasteiger partial charge on any atom is -0.453 e. The van der Waals surface area contributed by atoms with Gasteiger partial charge in [0.15, 0.2) is 5.13 Å². The van der Waals surface area contributed by atoms with E-state index in [4.69, 9.17) is 0 Å². The quantitative estimate of drug-likeness (QED) is 0.688. The molecule has 0 fully saturated rings. The van der Waals surface area contributed by atoms with E-state index in [0.717, 1.165) is 5.56 Å². The van der Waals surface area contributed by atoms with Gasteiger partial charge in [0.1, 0.15) is 0 Å². The van der Waals surface area contributed by atoms with E-state index in [2.05, 4.69) is 15.0 Å². The van der Waals surface area contributed by atoms with Crippen LogP contribution >= 0.6 is 11.3 Å². The maximum atomic E-state index is 11.0. The highest BCUT2D eigenvalue weighted by Crippen LogP contribution is 2.26. The molecule has 0 spiro atoms. The lowest BCUT2D eigenvalue weighted by molar-refractivity contribution is -0.384. The number of nitrogens with zero attached hydrogens (tertiary/aromatic N) is 2. The van der Waals surface area contributed by atoms with Crippen LogP contribution in [0, 0.1) is 10.1 Å². The average molecular weight is 279 g/mol. The Kier molecular flexibility index (Phi) is 3.71. The number of hydrogen-bond acceptors (Lipinski definition) is 6. The monoisotopic (exact) mass is 279 g/mol. The lowest BCUT2D eigenvalue weighted by Gasteiger charge is -1.98. The number of carbonyl (C=O) groups is 1. The van der Waals surface area contributed by atoms with E-state index >= 15 is 0 Å². The van der Waals surface area contributed by atoms with Crippen LogP contribution in [0.2, 0.25) is 0 Å². The molecule has 7 nitrogen and oxygen atoms in total. The summed E-state index contributed by atoms with van der Waals surface area (Å²) < 4.78 is 4.45. The number of rotatable bonds is 3. The summed E-state index contributed by atoms with van der Waals surface area (Å²) in [4.78, 5) is 25.3. The van der Waals surface area contributed by atoms with E-state index < -0.39 is 11.0 Å². The highest BCUT2D eigenvalue weighted by atomic mass is 32.1. The number of thiazole rings is 1. The second-order valence-electron chi connectivity index (χ2n) is 3.46. The van der Waals surface area contributed by atoms with Gasteiger partial charge in [-0.15, -0.1) is 11.3 Å². The van der Waals surface area contributed by atoms with Crippen molar-refractivity contribution in [1.29, 1.82) is 0 Å². The molecule has 1 aromatic heterocycles. The second-order valence-corrected chi connectivity index (χ2v) is 4.32. The van der Waals surface area contributed by atoms with Crippen LogP contribution in [-0.2, 0) is 4.74 Å². The molecule has 1 N–H and O–H groups in total. The number of hydrogen-bond donors (Lipinski definition) is 1. The normalized spacial score (nSPS) is 9.95. The Morgan fingerprint density at radius 1 is 1.42 bits per heavy atom. The van der Waals surface area contributed by atoms with Gasteiger partial charge in [0, 0.05) is 23.1 Å². The lowest BCUT2D eigenvalue weighted by Crippen LogP contribution is -2.10. The van der Waals surface area contributed by atoms with Crippen LogP contribution in [-0.4, -0.2) is 23.1 Å². The third-order valence-electron chi connectivity index (χ3n) is 2.27. The molecule has 0 saturated carbocycles. The number of methoxy groups -OCH3 is 1. The topological polar surface area (TPSA) is 94.4 Å². The number of anilines is 1. The lowest BCUT2D eigenvalue weighted by atomic mass is 10.1. The van der Waals surface area contributed by atoms with Gasteiger partial charge in [0.25, 0.3) is 5.69 Å². The summed E-state index contributed by atoms with van der Waals surface area (Å²) >= 11 is 1.24. The summed E-state index contributed by atoms with van der Waals surface area (Å²) in [6, 6.07) is 6.02. The van der Waals surface area contributed by atoms with Gasteiger partial charge in [-0.05, 0) is 12.1 Å². The fourth-order valence-electron chi connectivity index (χ4n) is 1.36. The molecule has 0 radical (unpaired) electrons. The molecule has 8 heteroatoms. The van der Waals surface area contributed by atoms with Crippen LogP contribution in [0.3, 0.4) is 0 Å². The maximum absolute atomic E-state index is 11.0. The average Bonchev–Trinajstić information content (AvgIpc) is 2.87. The number of benzene rings is 1. The van der Waals surface area contributed by atoms with Crippen molar-refractivity contribution in [1.82, 2.24) is 4.98 Å². The number of nitro groups is 1. The Balaban J connectivity index is 2.18. The molecule has 1 heterocycles. The van der Waals surface area contributed by atoms with E-state index in [1.807, 2.05) is 0 Å². The number of aromatic nitrogens is 1. The first kappa shape index (κ1) is 13.0. The molecule has 0 aliphatic rings. The largest absolute Gasteiger partial charge is 0.453 e. The maximum Gasteiger partial charge on any atom is 0.413 e. The van der Waals surface area contributed by atoms with Crippen molar-refractivity contribution in [2.75, 3.05) is 12.4 Å². The zero-order chi connectivity index (χ0) is 13.8. The summed E-state index contributed by atoms with van der Waals surface area (Å²) in [5.74, 6) is 0. The summed E-state index contributed by atoms with van der Waals surface area (Å²) in [5, 5.41) is 15.1. The molecule has 0 saturated heterocycles. The number of nitro benzene ring substituents is 1. The van der Waals surface area contributed by atoms with Crippen LogP contribution < -0.4 is 5.32 Å². The predicted molar refractivity (Wildman–Crippen MR) is 70.2 cm³/mol. The van der Waals surface area contributed by atoms with Gasteiger partial charge in [-0.2, -0.15) is 0 Å². The predicted octanol–water partition coefficient (Wildman–Crippen LogP) is 2.90. The van der Waals surface area contributed by atoms with Gasteiger partial charge in [0.2, 0.25) is 0 Å². The molecule has 19 heavy (non-hydrogen) atoms. The van der Waals surface area contributed by atoms with Crippen LogP contribution in [0.15, 0.2) is 29.6 Å². The number of carbonyl (C=O) groups excluding carboxylic acids is 1. The van der Waals surface area contributed by atoms with Gasteiger partial charge >= 0.3 is 6.09 Å². The Hall–Kier alpha value is -2.48. The molecule has 1 aromatic carbocycles. The van der Waals surface area contributed by atoms with Crippen molar-refractivity contribution >= 4 is 28.2 Å². The van der Waals surface area contributed by atoms with E-state index in [9.17, 15) is 14.9 Å². The Morgan fingerprint density at radius 3 is 2.68 bits per heavy atom. The molecule has 0 unspecified atom stereocenters. The van der Waals surface area contributed by atoms with Crippen LogP contribution in [0.5, 0.6) is 0 Å². The summed E-state index contributed by atoms with van der Waals surface area (Å²) in [5.41, 5.74) is 1.39. The Bertz CT molecular complexity index is 609. The highest BCUT2D eigenvalue weighted by molar-refractivity contribution is 7.14. The van der Waals surface area contributed by atoms with Gasteiger partial charge < -0.3 is 4.74 Å². The third kappa shape index (κ3) is 3.05. The minimum absolute atomic E-state index is 0.0203. The van der Waals surface area contributed by atoms with Crippen LogP contribution in [0.1, 0.15) is 0 Å². The second kappa shape index (κ2) is 5.44. The van der Waals surface area contributed by atoms with Gasteiger partial charge in [0.05, 0.1) is 17.7 Å². The zero-order valence-corrected chi connectivity index (χ0v) is 10.6. The van der Waals surface area contributed by atoms with Crippen molar-refractivity contribution in [2.45, 2.75) is 0 Å². The van der Waals surface area contributed by atoms with Gasteiger partial charge in [-0.1, -0.05) is 0 Å². The first-order valence-electron chi connectivity index (χ1n) is 5.15. The van der Waals surface area contributed by atoms with E-state index in [-0.39, 0.29) is 5.69 Å². The highest BCUT2D eigenvalue weighted by Gasteiger charge is 2.09. The molecule has 0 aliphatic carbocycles. The Labute approximate surface area is 112 Å². The van der Waals surface area contributed by atoms with E-state index in [1.54, 1.807) is 17.5 Å². The molecule has 0 atom stereocenters. The molecule has 98 valence electrons. The number of ether oxygens (including phenoxy) is 1. The summed E-state index contributed by atoms with van der Waals surface area (Å²) in [6.07, 6.45) is -0.593. The van der Waals surface area contributed by atoms with Crippen molar-refractivity contribution in [3.05, 3.63) is 39.8 Å². The molecular formula is C11H9N3O4S. The zero-order valence-electron chi connectivity index (χ0n) is 9.82. The van der Waals surface area contributed by atoms with E-state index in [0.29, 0.717) is 10.8 Å². The summed E-state index contributed by atoms with van der Waals surface area (Å²) in [6.45, 7) is 0.